The average Bonchev–Trinajstić information content (AvgIpc) is 2.54. The lowest BCUT2D eigenvalue weighted by Gasteiger charge is -2.33. The number of carbonyl (C=O) groups is 1. The molecule has 0 unspecified atom stereocenters. The van der Waals surface area contributed by atoms with Crippen LogP contribution in [-0.4, -0.2) is 48.9 Å². The first-order chi connectivity index (χ1) is 5.86. The van der Waals surface area contributed by atoms with Crippen molar-refractivity contribution in [2.24, 2.45) is 0 Å². The number of hydrazine groups is 2. The first kappa shape index (κ1) is 7.97. The summed E-state index contributed by atoms with van der Waals surface area (Å²) in [6.07, 6.45) is 0.608. The normalized spacial score (nSPS) is 27.5. The van der Waals surface area contributed by atoms with Crippen molar-refractivity contribution in [3.05, 3.63) is 0 Å². The molecule has 12 heavy (non-hydrogen) atoms. The quantitative estimate of drug-likeness (QED) is 0.548. The van der Waals surface area contributed by atoms with Gasteiger partial charge in [0.15, 0.2) is 0 Å². The molecule has 0 aromatic carbocycles. The summed E-state index contributed by atoms with van der Waals surface area (Å²) in [6.45, 7) is 4.05. The van der Waals surface area contributed by atoms with E-state index < -0.39 is 0 Å². The van der Waals surface area contributed by atoms with Gasteiger partial charge in [0, 0.05) is 26.1 Å². The molecule has 0 aromatic heterocycles. The minimum absolute atomic E-state index is 0.112. The lowest BCUT2D eigenvalue weighted by Crippen LogP contribution is -2.52. The van der Waals surface area contributed by atoms with E-state index in [1.807, 2.05) is 5.12 Å². The molecule has 1 N–H and O–H groups in total. The fourth-order valence-electron chi connectivity index (χ4n) is 1.47. The van der Waals surface area contributed by atoms with Gasteiger partial charge in [-0.3, -0.25) is 10.2 Å². The molecule has 5 heteroatoms. The number of hydrogen-bond donors (Lipinski definition) is 1. The Morgan fingerprint density at radius 3 is 2.58 bits per heavy atom. The van der Waals surface area contributed by atoms with Gasteiger partial charge in [0.05, 0.1) is 13.2 Å². The van der Waals surface area contributed by atoms with Gasteiger partial charge in [-0.1, -0.05) is 0 Å². The minimum atomic E-state index is 0.112. The predicted molar refractivity (Wildman–Crippen MR) is 41.9 cm³/mol. The molecule has 2 rings (SSSR count). The molecule has 0 aromatic rings. The summed E-state index contributed by atoms with van der Waals surface area (Å²) in [7, 11) is 0. The molecular weight excluding hydrogens is 158 g/mol. The van der Waals surface area contributed by atoms with Crippen molar-refractivity contribution in [2.75, 3.05) is 32.8 Å². The van der Waals surface area contributed by atoms with Crippen molar-refractivity contribution in [2.45, 2.75) is 6.42 Å². The first-order valence-electron chi connectivity index (χ1n) is 4.26. The standard InChI is InChI=1S/C7H13N3O2/c11-7-1-2-10(8-7)9-3-5-12-6-4-9/h1-6H2,(H,8,11). The summed E-state index contributed by atoms with van der Waals surface area (Å²) in [6, 6.07) is 0. The van der Waals surface area contributed by atoms with Crippen molar-refractivity contribution < 1.29 is 9.53 Å². The van der Waals surface area contributed by atoms with Gasteiger partial charge in [0.25, 0.3) is 0 Å². The molecule has 2 fully saturated rings. The zero-order valence-corrected chi connectivity index (χ0v) is 6.95. The molecule has 68 valence electrons. The highest BCUT2D eigenvalue weighted by atomic mass is 16.5. The van der Waals surface area contributed by atoms with Crippen molar-refractivity contribution in [1.82, 2.24) is 15.6 Å². The number of carbonyl (C=O) groups excluding carboxylic acids is 1. The molecule has 0 saturated carbocycles. The van der Waals surface area contributed by atoms with Crippen molar-refractivity contribution in [1.29, 1.82) is 0 Å². The van der Waals surface area contributed by atoms with Crippen LogP contribution < -0.4 is 5.43 Å². The second-order valence-corrected chi connectivity index (χ2v) is 2.97. The van der Waals surface area contributed by atoms with Gasteiger partial charge in [0.1, 0.15) is 0 Å². The summed E-state index contributed by atoms with van der Waals surface area (Å²) in [5.74, 6) is 0.112. The van der Waals surface area contributed by atoms with Crippen LogP contribution in [0.4, 0.5) is 0 Å². The lowest BCUT2D eigenvalue weighted by atomic mass is 10.4. The molecule has 5 nitrogen and oxygen atoms in total. The van der Waals surface area contributed by atoms with Gasteiger partial charge >= 0.3 is 0 Å². The molecule has 0 atom stereocenters. The Labute approximate surface area is 71.2 Å². The van der Waals surface area contributed by atoms with Crippen LogP contribution in [0.1, 0.15) is 6.42 Å². The third kappa shape index (κ3) is 1.57. The number of rotatable bonds is 1. The van der Waals surface area contributed by atoms with Gasteiger partial charge < -0.3 is 4.74 Å². The molecule has 2 aliphatic rings. The van der Waals surface area contributed by atoms with E-state index in [1.54, 1.807) is 0 Å². The smallest absolute Gasteiger partial charge is 0.236 e. The van der Waals surface area contributed by atoms with Gasteiger partial charge in [-0.15, -0.1) is 0 Å². The van der Waals surface area contributed by atoms with Crippen LogP contribution >= 0.6 is 0 Å². The van der Waals surface area contributed by atoms with E-state index in [2.05, 4.69) is 10.4 Å². The van der Waals surface area contributed by atoms with Gasteiger partial charge in [-0.05, 0) is 0 Å². The molecule has 1 amide bonds. The third-order valence-electron chi connectivity index (χ3n) is 2.13. The van der Waals surface area contributed by atoms with Crippen molar-refractivity contribution in [3.63, 3.8) is 0 Å². The largest absolute Gasteiger partial charge is 0.379 e. The van der Waals surface area contributed by atoms with Crippen molar-refractivity contribution >= 4 is 5.91 Å². The second kappa shape index (κ2) is 3.38. The molecule has 0 spiro atoms. The Morgan fingerprint density at radius 1 is 1.25 bits per heavy atom. The van der Waals surface area contributed by atoms with E-state index >= 15 is 0 Å². The summed E-state index contributed by atoms with van der Waals surface area (Å²) < 4.78 is 5.21. The molecule has 0 aliphatic carbocycles. The van der Waals surface area contributed by atoms with Crippen LogP contribution in [0.25, 0.3) is 0 Å². The number of ether oxygens (including phenoxy) is 1. The van der Waals surface area contributed by atoms with E-state index in [0.29, 0.717) is 6.42 Å². The van der Waals surface area contributed by atoms with Crippen LogP contribution in [0.15, 0.2) is 0 Å². The van der Waals surface area contributed by atoms with Crippen LogP contribution in [0.5, 0.6) is 0 Å². The van der Waals surface area contributed by atoms with E-state index in [0.717, 1.165) is 32.8 Å². The van der Waals surface area contributed by atoms with Gasteiger partial charge in [0.2, 0.25) is 5.91 Å². The van der Waals surface area contributed by atoms with Crippen LogP contribution in [0, 0.1) is 0 Å². The first-order valence-corrected chi connectivity index (χ1v) is 4.26. The molecule has 0 radical (unpaired) electrons. The van der Waals surface area contributed by atoms with E-state index in [9.17, 15) is 4.79 Å². The van der Waals surface area contributed by atoms with Gasteiger partial charge in [-0.25, -0.2) is 5.01 Å². The summed E-state index contributed by atoms with van der Waals surface area (Å²) in [5.41, 5.74) is 2.79. The highest BCUT2D eigenvalue weighted by Gasteiger charge is 2.25. The minimum Gasteiger partial charge on any atom is -0.379 e. The van der Waals surface area contributed by atoms with Crippen molar-refractivity contribution in [3.8, 4) is 0 Å². The Kier molecular flexibility index (Phi) is 2.25. The number of morpholine rings is 1. The SMILES string of the molecule is O=C1CCN(N2CCOCC2)N1. The maximum Gasteiger partial charge on any atom is 0.236 e. The zero-order chi connectivity index (χ0) is 8.39. The van der Waals surface area contributed by atoms with Crippen LogP contribution in [0.2, 0.25) is 0 Å². The number of nitrogens with one attached hydrogen (secondary N) is 1. The maximum absolute atomic E-state index is 10.9. The Hall–Kier alpha value is -0.650. The topological polar surface area (TPSA) is 44.8 Å². The van der Waals surface area contributed by atoms with Crippen LogP contribution in [-0.2, 0) is 9.53 Å². The Bertz CT molecular complexity index is 179. The highest BCUT2D eigenvalue weighted by Crippen LogP contribution is 2.05. The second-order valence-electron chi connectivity index (χ2n) is 2.97. The highest BCUT2D eigenvalue weighted by molar-refractivity contribution is 5.77. The monoisotopic (exact) mass is 171 g/mol. The number of hydrogen-bond acceptors (Lipinski definition) is 4. The fourth-order valence-corrected chi connectivity index (χ4v) is 1.47. The van der Waals surface area contributed by atoms with Crippen LogP contribution in [0.3, 0.4) is 0 Å². The Balaban J connectivity index is 1.86. The zero-order valence-electron chi connectivity index (χ0n) is 6.95. The number of nitrogens with zero attached hydrogens (tertiary/aromatic N) is 2. The average molecular weight is 171 g/mol. The van der Waals surface area contributed by atoms with E-state index in [1.165, 1.54) is 0 Å². The molecule has 2 aliphatic heterocycles. The molecule has 2 saturated heterocycles. The summed E-state index contributed by atoms with van der Waals surface area (Å²) in [4.78, 5) is 10.9. The van der Waals surface area contributed by atoms with Gasteiger partial charge in [-0.2, -0.15) is 5.12 Å². The van der Waals surface area contributed by atoms with E-state index in [-0.39, 0.29) is 5.91 Å². The summed E-state index contributed by atoms with van der Waals surface area (Å²) >= 11 is 0. The van der Waals surface area contributed by atoms with E-state index in [4.69, 9.17) is 4.74 Å². The third-order valence-corrected chi connectivity index (χ3v) is 2.13. The summed E-state index contributed by atoms with van der Waals surface area (Å²) in [5, 5.41) is 4.01. The predicted octanol–water partition coefficient (Wildman–Crippen LogP) is -1.03. The number of amides is 1. The maximum atomic E-state index is 10.9. The molecular formula is C7H13N3O2. The fraction of sp³-hybridized carbons (Fsp3) is 0.857. The lowest BCUT2D eigenvalue weighted by molar-refractivity contribution is -0.133. The molecule has 0 bridgehead atoms. The Morgan fingerprint density at radius 2 is 2.00 bits per heavy atom. The molecule has 2 heterocycles.